The summed E-state index contributed by atoms with van der Waals surface area (Å²) < 4.78 is 5.93. The third-order valence-corrected chi connectivity index (χ3v) is 6.45. The Morgan fingerprint density at radius 2 is 1.86 bits per heavy atom. The number of aromatic amines is 1. The molecule has 6 nitrogen and oxygen atoms in total. The van der Waals surface area contributed by atoms with Gasteiger partial charge < -0.3 is 25.5 Å². The SMILES string of the molecule is CC(C)Oc1ccc(C#Cc2ccc3c(c2)CCN3)cc1C(=O)N[C@@H](CO)Cc1c[nH]c2ccccc12. The molecule has 0 bridgehead atoms. The summed E-state index contributed by atoms with van der Waals surface area (Å²) in [6, 6.07) is 19.1. The van der Waals surface area contributed by atoms with Crippen molar-refractivity contribution in [2.24, 2.45) is 0 Å². The maximum Gasteiger partial charge on any atom is 0.255 e. The van der Waals surface area contributed by atoms with Crippen molar-refractivity contribution in [2.75, 3.05) is 18.5 Å². The molecule has 5 rings (SSSR count). The zero-order valence-corrected chi connectivity index (χ0v) is 21.1. The number of benzene rings is 3. The molecule has 0 saturated carbocycles. The molecule has 1 aliphatic rings. The lowest BCUT2D eigenvalue weighted by Crippen LogP contribution is -2.39. The first-order chi connectivity index (χ1) is 18.0. The summed E-state index contributed by atoms with van der Waals surface area (Å²) in [5.41, 5.74) is 6.57. The van der Waals surface area contributed by atoms with Crippen LogP contribution >= 0.6 is 0 Å². The first-order valence-electron chi connectivity index (χ1n) is 12.7. The minimum atomic E-state index is -0.451. The molecule has 37 heavy (non-hydrogen) atoms. The van der Waals surface area contributed by atoms with Gasteiger partial charge in [0.1, 0.15) is 5.75 Å². The second kappa shape index (κ2) is 10.8. The quantitative estimate of drug-likeness (QED) is 0.282. The number of H-pyrrole nitrogens is 1. The van der Waals surface area contributed by atoms with Crippen LogP contribution in [-0.2, 0) is 12.8 Å². The van der Waals surface area contributed by atoms with E-state index in [0.717, 1.165) is 40.6 Å². The largest absolute Gasteiger partial charge is 0.490 e. The first kappa shape index (κ1) is 24.5. The fourth-order valence-electron chi connectivity index (χ4n) is 4.66. The average molecular weight is 494 g/mol. The van der Waals surface area contributed by atoms with Crippen LogP contribution < -0.4 is 15.4 Å². The molecule has 6 heteroatoms. The molecule has 0 radical (unpaired) electrons. The zero-order chi connectivity index (χ0) is 25.8. The third kappa shape index (κ3) is 5.63. The number of rotatable bonds is 7. The second-order valence-electron chi connectivity index (χ2n) is 9.59. The number of carbonyl (C=O) groups excluding carboxylic acids is 1. The Balaban J connectivity index is 1.37. The van der Waals surface area contributed by atoms with Crippen LogP contribution in [0, 0.1) is 11.8 Å². The molecule has 188 valence electrons. The lowest BCUT2D eigenvalue weighted by atomic mass is 10.0. The van der Waals surface area contributed by atoms with E-state index in [1.54, 1.807) is 12.1 Å². The minimum Gasteiger partial charge on any atom is -0.490 e. The van der Waals surface area contributed by atoms with Gasteiger partial charge in [-0.15, -0.1) is 0 Å². The molecular formula is C31H31N3O3. The van der Waals surface area contributed by atoms with E-state index in [0.29, 0.717) is 17.7 Å². The van der Waals surface area contributed by atoms with Crippen molar-refractivity contribution in [3.8, 4) is 17.6 Å². The number of aliphatic hydroxyl groups is 1. The van der Waals surface area contributed by atoms with Crippen LogP contribution in [-0.4, -0.2) is 41.3 Å². The maximum atomic E-state index is 13.4. The van der Waals surface area contributed by atoms with Crippen molar-refractivity contribution in [3.05, 3.63) is 94.7 Å². The Hall–Kier alpha value is -4.21. The number of aliphatic hydroxyl groups excluding tert-OH is 1. The summed E-state index contributed by atoms with van der Waals surface area (Å²) in [7, 11) is 0. The van der Waals surface area contributed by atoms with Crippen LogP contribution in [0.3, 0.4) is 0 Å². The second-order valence-corrected chi connectivity index (χ2v) is 9.59. The Morgan fingerprint density at radius 3 is 2.68 bits per heavy atom. The van der Waals surface area contributed by atoms with Crippen LogP contribution in [0.4, 0.5) is 5.69 Å². The van der Waals surface area contributed by atoms with Crippen molar-refractivity contribution >= 4 is 22.5 Å². The van der Waals surface area contributed by atoms with Gasteiger partial charge in [0.15, 0.2) is 0 Å². The van der Waals surface area contributed by atoms with Crippen LogP contribution in [0.1, 0.15) is 46.5 Å². The standard InChI is InChI=1S/C31H31N3O3/c1-20(2)37-30-12-10-22(8-7-21-9-11-28-23(15-21)13-14-32-28)16-27(30)31(36)34-25(19-35)17-24-18-33-29-6-4-3-5-26(24)29/h3-6,9-12,15-16,18,20,25,32-33,35H,13-14,17,19H2,1-2H3,(H,34,36)/t25-/m1/s1. The van der Waals surface area contributed by atoms with Crippen molar-refractivity contribution in [1.82, 2.24) is 10.3 Å². The summed E-state index contributed by atoms with van der Waals surface area (Å²) in [5.74, 6) is 6.60. The number of ether oxygens (including phenoxy) is 1. The lowest BCUT2D eigenvalue weighted by Gasteiger charge is -2.19. The first-order valence-corrected chi connectivity index (χ1v) is 12.7. The number of fused-ring (bicyclic) bond motifs is 2. The molecule has 2 heterocycles. The van der Waals surface area contributed by atoms with E-state index < -0.39 is 6.04 Å². The molecule has 1 aromatic heterocycles. The van der Waals surface area contributed by atoms with Crippen molar-refractivity contribution in [3.63, 3.8) is 0 Å². The van der Waals surface area contributed by atoms with Crippen LogP contribution in [0.5, 0.6) is 5.75 Å². The molecule has 0 saturated heterocycles. The van der Waals surface area contributed by atoms with Gasteiger partial charge in [0.25, 0.3) is 5.91 Å². The summed E-state index contributed by atoms with van der Waals surface area (Å²) in [4.78, 5) is 16.6. The molecule has 1 amide bonds. The molecule has 1 atom stereocenters. The Bertz CT molecular complexity index is 1490. The number of aromatic nitrogens is 1. The van der Waals surface area contributed by atoms with Crippen LogP contribution in [0.15, 0.2) is 66.9 Å². The van der Waals surface area contributed by atoms with E-state index in [1.165, 1.54) is 11.3 Å². The van der Waals surface area contributed by atoms with Gasteiger partial charge in [-0.1, -0.05) is 30.0 Å². The Kier molecular flexibility index (Phi) is 7.16. The summed E-state index contributed by atoms with van der Waals surface area (Å²) in [6.07, 6.45) is 3.33. The summed E-state index contributed by atoms with van der Waals surface area (Å²) >= 11 is 0. The van der Waals surface area contributed by atoms with Gasteiger partial charge in [0.2, 0.25) is 0 Å². The predicted molar refractivity (Wildman–Crippen MR) is 147 cm³/mol. The maximum absolute atomic E-state index is 13.4. The van der Waals surface area contributed by atoms with E-state index in [9.17, 15) is 9.90 Å². The van der Waals surface area contributed by atoms with E-state index in [1.807, 2.05) is 56.4 Å². The molecule has 0 aliphatic carbocycles. The van der Waals surface area contributed by atoms with E-state index in [-0.39, 0.29) is 18.6 Å². The molecular weight excluding hydrogens is 462 g/mol. The van der Waals surface area contributed by atoms with Gasteiger partial charge in [0, 0.05) is 40.5 Å². The number of hydrogen-bond acceptors (Lipinski definition) is 4. The fraction of sp³-hybridized carbons (Fsp3) is 0.258. The zero-order valence-electron chi connectivity index (χ0n) is 21.1. The van der Waals surface area contributed by atoms with Crippen LogP contribution in [0.25, 0.3) is 10.9 Å². The van der Waals surface area contributed by atoms with Gasteiger partial charge in [-0.25, -0.2) is 0 Å². The number of carbonyl (C=O) groups is 1. The highest BCUT2D eigenvalue weighted by Crippen LogP contribution is 2.24. The molecule has 4 aromatic rings. The van der Waals surface area contributed by atoms with E-state index in [4.69, 9.17) is 4.74 Å². The number of para-hydroxylation sites is 1. The summed E-state index contributed by atoms with van der Waals surface area (Å²) in [5, 5.41) is 17.5. The average Bonchev–Trinajstić information content (AvgIpc) is 3.54. The minimum absolute atomic E-state index is 0.0941. The monoisotopic (exact) mass is 493 g/mol. The normalized spacial score (nSPS) is 13.0. The number of amides is 1. The molecule has 1 aliphatic heterocycles. The van der Waals surface area contributed by atoms with Gasteiger partial charge in [-0.2, -0.15) is 0 Å². The Labute approximate surface area is 217 Å². The van der Waals surface area contributed by atoms with Gasteiger partial charge in [0.05, 0.1) is 24.3 Å². The predicted octanol–water partition coefficient (Wildman–Crippen LogP) is 4.66. The van der Waals surface area contributed by atoms with Gasteiger partial charge in [-0.05, 0) is 80.3 Å². The fourth-order valence-corrected chi connectivity index (χ4v) is 4.66. The third-order valence-electron chi connectivity index (χ3n) is 6.45. The molecule has 0 fully saturated rings. The summed E-state index contributed by atoms with van der Waals surface area (Å²) in [6.45, 7) is 4.62. The van der Waals surface area contributed by atoms with E-state index >= 15 is 0 Å². The molecule has 0 spiro atoms. The lowest BCUT2D eigenvalue weighted by molar-refractivity contribution is 0.0910. The van der Waals surface area contributed by atoms with Crippen molar-refractivity contribution in [1.29, 1.82) is 0 Å². The number of anilines is 1. The van der Waals surface area contributed by atoms with E-state index in [2.05, 4.69) is 39.6 Å². The highest BCUT2D eigenvalue weighted by atomic mass is 16.5. The molecule has 4 N–H and O–H groups in total. The number of hydrogen-bond donors (Lipinski definition) is 4. The highest BCUT2D eigenvalue weighted by molar-refractivity contribution is 5.97. The van der Waals surface area contributed by atoms with Crippen LogP contribution in [0.2, 0.25) is 0 Å². The Morgan fingerprint density at radius 1 is 1.08 bits per heavy atom. The molecule has 0 unspecified atom stereocenters. The van der Waals surface area contributed by atoms with Gasteiger partial charge in [-0.3, -0.25) is 4.79 Å². The molecule has 3 aromatic carbocycles. The highest BCUT2D eigenvalue weighted by Gasteiger charge is 2.20. The smallest absolute Gasteiger partial charge is 0.255 e. The van der Waals surface area contributed by atoms with Crippen molar-refractivity contribution < 1.29 is 14.6 Å². The topological polar surface area (TPSA) is 86.4 Å². The number of nitrogens with one attached hydrogen (secondary N) is 3. The van der Waals surface area contributed by atoms with Gasteiger partial charge >= 0.3 is 0 Å². The van der Waals surface area contributed by atoms with Crippen molar-refractivity contribution in [2.45, 2.75) is 38.8 Å².